The second-order valence-corrected chi connectivity index (χ2v) is 6.53. The minimum Gasteiger partial charge on any atom is -0.327 e. The fourth-order valence-corrected chi connectivity index (χ4v) is 2.87. The first-order valence-electron chi connectivity index (χ1n) is 6.70. The van der Waals surface area contributed by atoms with Gasteiger partial charge in [-0.2, -0.15) is 0 Å². The minimum absolute atomic E-state index is 0. The van der Waals surface area contributed by atoms with E-state index in [1.54, 1.807) is 6.07 Å². The number of rotatable bonds is 3. The zero-order chi connectivity index (χ0) is 14.9. The Kier molecular flexibility index (Phi) is 5.99. The van der Waals surface area contributed by atoms with Crippen LogP contribution in [0.5, 0.6) is 0 Å². The van der Waals surface area contributed by atoms with Crippen LogP contribution in [0.15, 0.2) is 18.2 Å². The van der Waals surface area contributed by atoms with Gasteiger partial charge in [-0.15, -0.1) is 12.4 Å². The van der Waals surface area contributed by atoms with Crippen molar-refractivity contribution in [2.75, 3.05) is 13.1 Å². The van der Waals surface area contributed by atoms with Gasteiger partial charge in [0.1, 0.15) is 0 Å². The lowest BCUT2D eigenvalue weighted by atomic mass is 9.79. The Bertz CT molecular complexity index is 523. The van der Waals surface area contributed by atoms with Gasteiger partial charge in [-0.1, -0.05) is 25.4 Å². The number of nitro benzene ring substituents is 1. The topological polar surface area (TPSA) is 72.4 Å². The van der Waals surface area contributed by atoms with E-state index in [-0.39, 0.29) is 29.6 Å². The van der Waals surface area contributed by atoms with Gasteiger partial charge in [0, 0.05) is 37.8 Å². The highest BCUT2D eigenvalue weighted by atomic mass is 35.5. The number of hydrogen-bond acceptors (Lipinski definition) is 4. The predicted molar refractivity (Wildman–Crippen MR) is 87.0 cm³/mol. The molecule has 1 atom stereocenters. The van der Waals surface area contributed by atoms with Crippen molar-refractivity contribution in [1.82, 2.24) is 4.90 Å². The van der Waals surface area contributed by atoms with Gasteiger partial charge in [0.15, 0.2) is 0 Å². The lowest BCUT2D eigenvalue weighted by molar-refractivity contribution is -0.384. The molecule has 5 nitrogen and oxygen atoms in total. The van der Waals surface area contributed by atoms with Crippen molar-refractivity contribution < 1.29 is 4.92 Å². The lowest BCUT2D eigenvalue weighted by Crippen LogP contribution is -2.52. The number of halogens is 2. The van der Waals surface area contributed by atoms with Gasteiger partial charge in [0.25, 0.3) is 5.69 Å². The third kappa shape index (κ3) is 4.30. The molecule has 0 aromatic heterocycles. The van der Waals surface area contributed by atoms with Crippen molar-refractivity contribution in [3.8, 4) is 0 Å². The number of likely N-dealkylation sites (tertiary alicyclic amines) is 1. The number of nitrogens with two attached hydrogens (primary N) is 1. The second-order valence-electron chi connectivity index (χ2n) is 6.13. The van der Waals surface area contributed by atoms with Gasteiger partial charge in [-0.3, -0.25) is 15.0 Å². The van der Waals surface area contributed by atoms with Gasteiger partial charge in [-0.05, 0) is 23.5 Å². The van der Waals surface area contributed by atoms with E-state index in [0.717, 1.165) is 25.1 Å². The van der Waals surface area contributed by atoms with Crippen LogP contribution in [0.4, 0.5) is 5.69 Å². The van der Waals surface area contributed by atoms with Gasteiger partial charge >= 0.3 is 0 Å². The summed E-state index contributed by atoms with van der Waals surface area (Å²) in [5, 5.41) is 11.1. The third-order valence-corrected chi connectivity index (χ3v) is 4.38. The van der Waals surface area contributed by atoms with E-state index < -0.39 is 4.92 Å². The number of non-ortho nitro benzene ring substituents is 1. The van der Waals surface area contributed by atoms with Crippen molar-refractivity contribution >= 4 is 29.7 Å². The summed E-state index contributed by atoms with van der Waals surface area (Å²) < 4.78 is 0. The van der Waals surface area contributed by atoms with E-state index in [1.165, 1.54) is 12.1 Å². The van der Waals surface area contributed by atoms with E-state index in [9.17, 15) is 10.1 Å². The van der Waals surface area contributed by atoms with Crippen LogP contribution in [0.25, 0.3) is 0 Å². The average Bonchev–Trinajstić information content (AvgIpc) is 2.35. The highest BCUT2D eigenvalue weighted by Crippen LogP contribution is 2.30. The predicted octanol–water partition coefficient (Wildman–Crippen LogP) is 3.23. The van der Waals surface area contributed by atoms with Gasteiger partial charge in [0.2, 0.25) is 0 Å². The molecule has 0 spiro atoms. The molecule has 0 saturated carbocycles. The van der Waals surface area contributed by atoms with Crippen LogP contribution in [-0.2, 0) is 6.54 Å². The molecule has 1 aromatic carbocycles. The first-order chi connectivity index (χ1) is 9.29. The molecule has 2 rings (SSSR count). The average molecular weight is 334 g/mol. The van der Waals surface area contributed by atoms with E-state index in [0.29, 0.717) is 11.6 Å². The summed E-state index contributed by atoms with van der Waals surface area (Å²) in [5.41, 5.74) is 7.15. The van der Waals surface area contributed by atoms with E-state index in [2.05, 4.69) is 18.7 Å². The van der Waals surface area contributed by atoms with Gasteiger partial charge in [-0.25, -0.2) is 0 Å². The SMILES string of the molecule is CC1(C)CN(Cc2ccc([N+](=O)[O-])cc2Cl)CCC1N.Cl. The standard InChI is InChI=1S/C14H20ClN3O2.ClH/c1-14(2)9-17(6-5-13(14)16)8-10-3-4-11(18(19)20)7-12(10)15;/h3-4,7,13H,5-6,8-9,16H2,1-2H3;1H. The Hall–Kier alpha value is -0.880. The van der Waals surface area contributed by atoms with Crippen LogP contribution in [0.1, 0.15) is 25.8 Å². The zero-order valence-electron chi connectivity index (χ0n) is 12.2. The minimum atomic E-state index is -0.432. The first kappa shape index (κ1) is 18.2. The molecule has 2 N–H and O–H groups in total. The molecule has 118 valence electrons. The summed E-state index contributed by atoms with van der Waals surface area (Å²) in [6.07, 6.45) is 0.956. The largest absolute Gasteiger partial charge is 0.327 e. The highest BCUT2D eigenvalue weighted by Gasteiger charge is 2.33. The molecule has 1 aromatic rings. The number of benzene rings is 1. The second kappa shape index (κ2) is 6.92. The highest BCUT2D eigenvalue weighted by molar-refractivity contribution is 6.31. The molecule has 0 amide bonds. The summed E-state index contributed by atoms with van der Waals surface area (Å²) in [6.45, 7) is 6.87. The Morgan fingerprint density at radius 1 is 1.52 bits per heavy atom. The number of hydrogen-bond donors (Lipinski definition) is 1. The van der Waals surface area contributed by atoms with Crippen molar-refractivity contribution in [2.45, 2.75) is 32.9 Å². The van der Waals surface area contributed by atoms with Crippen LogP contribution in [0.2, 0.25) is 5.02 Å². The maximum absolute atomic E-state index is 10.7. The normalized spacial score (nSPS) is 21.6. The summed E-state index contributed by atoms with van der Waals surface area (Å²) in [6, 6.07) is 4.87. The molecular formula is C14H21Cl2N3O2. The van der Waals surface area contributed by atoms with Crippen LogP contribution in [-0.4, -0.2) is 29.0 Å². The molecule has 1 heterocycles. The summed E-state index contributed by atoms with van der Waals surface area (Å²) in [5.74, 6) is 0. The van der Waals surface area contributed by atoms with Crippen molar-refractivity contribution in [3.05, 3.63) is 38.9 Å². The summed E-state index contributed by atoms with van der Waals surface area (Å²) in [7, 11) is 0. The fourth-order valence-electron chi connectivity index (χ4n) is 2.64. The molecule has 21 heavy (non-hydrogen) atoms. The Labute approximate surface area is 136 Å². The zero-order valence-corrected chi connectivity index (χ0v) is 13.8. The van der Waals surface area contributed by atoms with Crippen LogP contribution in [0.3, 0.4) is 0 Å². The summed E-state index contributed by atoms with van der Waals surface area (Å²) in [4.78, 5) is 12.6. The Balaban J connectivity index is 0.00000220. The van der Waals surface area contributed by atoms with Crippen molar-refractivity contribution in [1.29, 1.82) is 0 Å². The molecule has 1 saturated heterocycles. The van der Waals surface area contributed by atoms with Crippen LogP contribution >= 0.6 is 24.0 Å². The summed E-state index contributed by atoms with van der Waals surface area (Å²) >= 11 is 6.14. The Morgan fingerprint density at radius 2 is 2.19 bits per heavy atom. The van der Waals surface area contributed by atoms with E-state index in [4.69, 9.17) is 17.3 Å². The van der Waals surface area contributed by atoms with Gasteiger partial charge in [0.05, 0.1) is 9.95 Å². The molecule has 0 bridgehead atoms. The number of piperidine rings is 1. The van der Waals surface area contributed by atoms with Crippen molar-refractivity contribution in [3.63, 3.8) is 0 Å². The molecule has 1 aliphatic rings. The molecule has 1 unspecified atom stereocenters. The molecular weight excluding hydrogens is 313 g/mol. The Morgan fingerprint density at radius 3 is 2.71 bits per heavy atom. The van der Waals surface area contributed by atoms with Crippen LogP contribution < -0.4 is 5.73 Å². The quantitative estimate of drug-likeness (QED) is 0.680. The first-order valence-corrected chi connectivity index (χ1v) is 7.08. The van der Waals surface area contributed by atoms with Crippen LogP contribution in [0, 0.1) is 15.5 Å². The number of nitrogens with zero attached hydrogens (tertiary/aromatic N) is 2. The van der Waals surface area contributed by atoms with E-state index >= 15 is 0 Å². The smallest absolute Gasteiger partial charge is 0.270 e. The fraction of sp³-hybridized carbons (Fsp3) is 0.571. The van der Waals surface area contributed by atoms with Crippen molar-refractivity contribution in [2.24, 2.45) is 11.1 Å². The maximum atomic E-state index is 10.7. The van der Waals surface area contributed by atoms with Gasteiger partial charge < -0.3 is 5.73 Å². The molecule has 7 heteroatoms. The molecule has 1 fully saturated rings. The maximum Gasteiger partial charge on any atom is 0.270 e. The lowest BCUT2D eigenvalue weighted by Gasteiger charge is -2.42. The number of nitro groups is 1. The molecule has 0 radical (unpaired) electrons. The monoisotopic (exact) mass is 333 g/mol. The van der Waals surface area contributed by atoms with E-state index in [1.807, 2.05) is 0 Å². The molecule has 1 aliphatic heterocycles. The molecule has 0 aliphatic carbocycles. The third-order valence-electron chi connectivity index (χ3n) is 4.03.